The molecule has 10 rings (SSSR count). The fourth-order valence-electron chi connectivity index (χ4n) is 7.62. The van der Waals surface area contributed by atoms with Crippen molar-refractivity contribution in [2.75, 3.05) is 0 Å². The zero-order valence-electron chi connectivity index (χ0n) is 25.4. The summed E-state index contributed by atoms with van der Waals surface area (Å²) in [5.41, 5.74) is 8.45. The largest absolute Gasteiger partial charge is 0.455 e. The second kappa shape index (κ2) is 10.1. The standard InChI is InChI=1S/C45H27NO/c1-2-13-28(14-3-1)39-23-12-24-40(46-39)43-35-20-9-7-18-33(35)42(34-19-8-10-21-36(34)43)29-25-26-41-38(27-29)44-32-17-6-4-15-30(32)31-16-5-11-22-37(31)45(44)47-41/h1-27H. The van der Waals surface area contributed by atoms with Crippen LogP contribution in [-0.4, -0.2) is 4.98 Å². The Labute approximate surface area is 271 Å². The molecule has 2 heterocycles. The van der Waals surface area contributed by atoms with Gasteiger partial charge in [-0.3, -0.25) is 0 Å². The first-order valence-electron chi connectivity index (χ1n) is 16.1. The quantitative estimate of drug-likeness (QED) is 0.150. The highest BCUT2D eigenvalue weighted by Gasteiger charge is 2.20. The topological polar surface area (TPSA) is 26.0 Å². The Morgan fingerprint density at radius 1 is 0.340 bits per heavy atom. The van der Waals surface area contributed by atoms with Crippen molar-refractivity contribution in [3.05, 3.63) is 164 Å². The molecule has 8 aromatic carbocycles. The van der Waals surface area contributed by atoms with Crippen molar-refractivity contribution in [2.45, 2.75) is 0 Å². The van der Waals surface area contributed by atoms with E-state index in [1.165, 1.54) is 54.2 Å². The summed E-state index contributed by atoms with van der Waals surface area (Å²) in [6.45, 7) is 0. The van der Waals surface area contributed by atoms with Gasteiger partial charge in [0.1, 0.15) is 11.2 Å². The molecule has 0 bridgehead atoms. The lowest BCUT2D eigenvalue weighted by molar-refractivity contribution is 0.673. The second-order valence-electron chi connectivity index (χ2n) is 12.2. The van der Waals surface area contributed by atoms with E-state index in [0.717, 1.165) is 44.5 Å². The maximum Gasteiger partial charge on any atom is 0.143 e. The van der Waals surface area contributed by atoms with Gasteiger partial charge in [-0.2, -0.15) is 0 Å². The van der Waals surface area contributed by atoms with Gasteiger partial charge in [0.15, 0.2) is 0 Å². The van der Waals surface area contributed by atoms with Gasteiger partial charge in [-0.05, 0) is 73.1 Å². The third-order valence-electron chi connectivity index (χ3n) is 9.64. The van der Waals surface area contributed by atoms with Gasteiger partial charge in [-0.15, -0.1) is 0 Å². The zero-order chi connectivity index (χ0) is 30.9. The van der Waals surface area contributed by atoms with Crippen LogP contribution in [0.15, 0.2) is 168 Å². The zero-order valence-corrected chi connectivity index (χ0v) is 25.4. The SMILES string of the molecule is c1ccc(-c2cccc(-c3c4ccccc4c(-c4ccc5oc6c7ccccc7c7ccccc7c6c5c4)c4ccccc34)n2)cc1. The molecule has 0 N–H and O–H groups in total. The first-order chi connectivity index (χ1) is 23.3. The molecule has 2 aromatic heterocycles. The summed E-state index contributed by atoms with van der Waals surface area (Å²) in [6.07, 6.45) is 0. The normalized spacial score (nSPS) is 11.8. The van der Waals surface area contributed by atoms with Crippen LogP contribution in [0.2, 0.25) is 0 Å². The number of benzene rings is 8. The van der Waals surface area contributed by atoms with E-state index in [4.69, 9.17) is 9.40 Å². The van der Waals surface area contributed by atoms with Crippen molar-refractivity contribution in [3.63, 3.8) is 0 Å². The Balaban J connectivity index is 1.28. The molecule has 2 heteroatoms. The molecule has 0 atom stereocenters. The van der Waals surface area contributed by atoms with E-state index in [2.05, 4.69) is 158 Å². The van der Waals surface area contributed by atoms with E-state index in [-0.39, 0.29) is 0 Å². The lowest BCUT2D eigenvalue weighted by Crippen LogP contribution is -1.93. The molecular formula is C45H27NO. The van der Waals surface area contributed by atoms with Crippen LogP contribution in [0.25, 0.3) is 98.7 Å². The highest BCUT2D eigenvalue weighted by atomic mass is 16.3. The van der Waals surface area contributed by atoms with Crippen LogP contribution in [-0.2, 0) is 0 Å². The smallest absolute Gasteiger partial charge is 0.143 e. The molecule has 0 aliphatic rings. The molecule has 218 valence electrons. The van der Waals surface area contributed by atoms with Crippen molar-refractivity contribution in [3.8, 4) is 33.6 Å². The summed E-state index contributed by atoms with van der Waals surface area (Å²) in [5, 5.41) is 11.9. The van der Waals surface area contributed by atoms with Crippen molar-refractivity contribution in [1.82, 2.24) is 4.98 Å². The fraction of sp³-hybridized carbons (Fsp3) is 0. The van der Waals surface area contributed by atoms with Gasteiger partial charge in [0.2, 0.25) is 0 Å². The second-order valence-corrected chi connectivity index (χ2v) is 12.2. The number of furan rings is 1. The van der Waals surface area contributed by atoms with E-state index < -0.39 is 0 Å². The third kappa shape index (κ3) is 3.89. The Kier molecular flexibility index (Phi) is 5.61. The molecule has 47 heavy (non-hydrogen) atoms. The Hall–Kier alpha value is -6.25. The highest BCUT2D eigenvalue weighted by Crippen LogP contribution is 2.46. The minimum atomic E-state index is 0.900. The van der Waals surface area contributed by atoms with E-state index in [1.807, 2.05) is 6.07 Å². The van der Waals surface area contributed by atoms with Gasteiger partial charge in [0, 0.05) is 27.3 Å². The summed E-state index contributed by atoms with van der Waals surface area (Å²) in [7, 11) is 0. The molecular weight excluding hydrogens is 571 g/mol. The summed E-state index contributed by atoms with van der Waals surface area (Å²) < 4.78 is 6.66. The molecule has 10 aromatic rings. The van der Waals surface area contributed by atoms with Crippen LogP contribution in [0.3, 0.4) is 0 Å². The van der Waals surface area contributed by atoms with Gasteiger partial charge in [0.25, 0.3) is 0 Å². The number of rotatable bonds is 3. The molecule has 0 saturated heterocycles. The number of hydrogen-bond acceptors (Lipinski definition) is 2. The third-order valence-corrected chi connectivity index (χ3v) is 9.64. The van der Waals surface area contributed by atoms with Crippen LogP contribution in [0.1, 0.15) is 0 Å². The first-order valence-corrected chi connectivity index (χ1v) is 16.1. The number of fused-ring (bicyclic) bond motifs is 10. The van der Waals surface area contributed by atoms with Crippen LogP contribution >= 0.6 is 0 Å². The Morgan fingerprint density at radius 2 is 0.872 bits per heavy atom. The maximum absolute atomic E-state index is 6.66. The van der Waals surface area contributed by atoms with Crippen LogP contribution < -0.4 is 0 Å². The lowest BCUT2D eigenvalue weighted by atomic mass is 9.86. The summed E-state index contributed by atoms with van der Waals surface area (Å²) in [5.74, 6) is 0. The van der Waals surface area contributed by atoms with E-state index in [1.54, 1.807) is 0 Å². The highest BCUT2D eigenvalue weighted by molar-refractivity contribution is 6.31. The molecule has 0 spiro atoms. The molecule has 0 saturated carbocycles. The monoisotopic (exact) mass is 597 g/mol. The van der Waals surface area contributed by atoms with Gasteiger partial charge in [0.05, 0.1) is 11.4 Å². The van der Waals surface area contributed by atoms with Crippen LogP contribution in [0, 0.1) is 0 Å². The van der Waals surface area contributed by atoms with Gasteiger partial charge in [-0.25, -0.2) is 4.98 Å². The predicted molar refractivity (Wildman–Crippen MR) is 198 cm³/mol. The van der Waals surface area contributed by atoms with Crippen molar-refractivity contribution < 1.29 is 4.42 Å². The minimum Gasteiger partial charge on any atom is -0.455 e. The van der Waals surface area contributed by atoms with E-state index in [9.17, 15) is 0 Å². The molecule has 2 nitrogen and oxygen atoms in total. The average molecular weight is 598 g/mol. The molecule has 0 unspecified atom stereocenters. The molecule has 0 aliphatic carbocycles. The number of hydrogen-bond donors (Lipinski definition) is 0. The fourth-order valence-corrected chi connectivity index (χ4v) is 7.62. The average Bonchev–Trinajstić information content (AvgIpc) is 3.54. The summed E-state index contributed by atoms with van der Waals surface area (Å²) in [4.78, 5) is 5.23. The van der Waals surface area contributed by atoms with Crippen LogP contribution in [0.5, 0.6) is 0 Å². The van der Waals surface area contributed by atoms with Crippen molar-refractivity contribution >= 4 is 65.0 Å². The predicted octanol–water partition coefficient (Wildman–Crippen LogP) is 12.6. The van der Waals surface area contributed by atoms with Gasteiger partial charge in [-0.1, -0.05) is 140 Å². The van der Waals surface area contributed by atoms with Crippen molar-refractivity contribution in [1.29, 1.82) is 0 Å². The Morgan fingerprint density at radius 3 is 1.55 bits per heavy atom. The number of aromatic nitrogens is 1. The van der Waals surface area contributed by atoms with Crippen LogP contribution in [0.4, 0.5) is 0 Å². The van der Waals surface area contributed by atoms with Crippen molar-refractivity contribution in [2.24, 2.45) is 0 Å². The number of nitrogens with zero attached hydrogens (tertiary/aromatic N) is 1. The van der Waals surface area contributed by atoms with Gasteiger partial charge >= 0.3 is 0 Å². The summed E-state index contributed by atoms with van der Waals surface area (Å²) in [6, 6.07) is 58.3. The molecule has 0 fully saturated rings. The minimum absolute atomic E-state index is 0.900. The van der Waals surface area contributed by atoms with E-state index in [0.29, 0.717) is 0 Å². The van der Waals surface area contributed by atoms with E-state index >= 15 is 0 Å². The lowest BCUT2D eigenvalue weighted by Gasteiger charge is -2.17. The first kappa shape index (κ1) is 26.0. The Bertz CT molecular complexity index is 2790. The molecule has 0 aliphatic heterocycles. The number of pyridine rings is 1. The maximum atomic E-state index is 6.66. The molecule has 0 amide bonds. The van der Waals surface area contributed by atoms with Gasteiger partial charge < -0.3 is 4.42 Å². The summed E-state index contributed by atoms with van der Waals surface area (Å²) >= 11 is 0. The molecule has 0 radical (unpaired) electrons.